The zero-order chi connectivity index (χ0) is 18.4. The quantitative estimate of drug-likeness (QED) is 0.396. The summed E-state index contributed by atoms with van der Waals surface area (Å²) in [6.45, 7) is 4.64. The topological polar surface area (TPSA) is 12.0 Å². The van der Waals surface area contributed by atoms with E-state index in [1.807, 2.05) is 0 Å². The predicted octanol–water partition coefficient (Wildman–Crippen LogP) is 7.47. The van der Waals surface area contributed by atoms with Crippen LogP contribution in [-0.2, 0) is 5.41 Å². The van der Waals surface area contributed by atoms with Crippen molar-refractivity contribution in [3.05, 3.63) is 96.1 Å². The van der Waals surface area contributed by atoms with E-state index in [9.17, 15) is 0 Å². The molecule has 0 fully saturated rings. The van der Waals surface area contributed by atoms with Gasteiger partial charge in [0, 0.05) is 16.0 Å². The minimum Gasteiger partial charge on any atom is -0.347 e. The Labute approximate surface area is 164 Å². The molecule has 27 heavy (non-hydrogen) atoms. The van der Waals surface area contributed by atoms with Crippen LogP contribution in [-0.4, -0.2) is 0 Å². The predicted molar refractivity (Wildman–Crippen MR) is 117 cm³/mol. The van der Waals surface area contributed by atoms with E-state index in [0.29, 0.717) is 0 Å². The first-order valence-electron chi connectivity index (χ1n) is 9.29. The molecule has 0 saturated heterocycles. The fraction of sp³-hybridized carbons (Fsp3) is 0.120. The van der Waals surface area contributed by atoms with Crippen LogP contribution in [0.1, 0.15) is 25.0 Å². The maximum Gasteiger partial charge on any atom is 0.0933 e. The first-order chi connectivity index (χ1) is 13.1. The zero-order valence-electron chi connectivity index (χ0n) is 15.5. The molecule has 1 aliphatic rings. The van der Waals surface area contributed by atoms with Crippen molar-refractivity contribution < 1.29 is 0 Å². The molecule has 1 N–H and O–H groups in total. The van der Waals surface area contributed by atoms with Crippen molar-refractivity contribution in [1.29, 1.82) is 0 Å². The smallest absolute Gasteiger partial charge is 0.0933 e. The maximum atomic E-state index is 3.61. The average Bonchev–Trinajstić information content (AvgIpc) is 3.25. The molecule has 3 aromatic carbocycles. The Balaban J connectivity index is 1.47. The number of anilines is 2. The van der Waals surface area contributed by atoms with Crippen molar-refractivity contribution >= 4 is 22.0 Å². The van der Waals surface area contributed by atoms with E-state index in [1.165, 1.54) is 37.7 Å². The van der Waals surface area contributed by atoms with Crippen molar-refractivity contribution in [2.24, 2.45) is 0 Å². The molecule has 1 aromatic heterocycles. The van der Waals surface area contributed by atoms with Gasteiger partial charge in [0.05, 0.1) is 5.00 Å². The van der Waals surface area contributed by atoms with Gasteiger partial charge in [-0.05, 0) is 52.1 Å². The summed E-state index contributed by atoms with van der Waals surface area (Å²) in [7, 11) is 0. The molecule has 4 aromatic rings. The Bertz CT molecular complexity index is 1120. The second-order valence-electron chi connectivity index (χ2n) is 7.59. The van der Waals surface area contributed by atoms with Crippen molar-refractivity contribution in [2.45, 2.75) is 19.3 Å². The highest BCUT2D eigenvalue weighted by molar-refractivity contribution is 7.19. The van der Waals surface area contributed by atoms with Gasteiger partial charge in [0.25, 0.3) is 0 Å². The van der Waals surface area contributed by atoms with Gasteiger partial charge in [-0.2, -0.15) is 0 Å². The molecule has 0 aliphatic heterocycles. The van der Waals surface area contributed by atoms with Crippen LogP contribution in [0, 0.1) is 0 Å². The zero-order valence-corrected chi connectivity index (χ0v) is 16.3. The van der Waals surface area contributed by atoms with E-state index in [-0.39, 0.29) is 5.41 Å². The molecule has 1 nitrogen and oxygen atoms in total. The lowest BCUT2D eigenvalue weighted by atomic mass is 9.82. The molecule has 1 aliphatic carbocycles. The van der Waals surface area contributed by atoms with Crippen molar-refractivity contribution in [3.8, 4) is 21.6 Å². The van der Waals surface area contributed by atoms with Crippen LogP contribution in [0.2, 0.25) is 0 Å². The molecular weight excluding hydrogens is 346 g/mol. The third-order valence-electron chi connectivity index (χ3n) is 5.52. The van der Waals surface area contributed by atoms with Crippen LogP contribution in [0.25, 0.3) is 21.6 Å². The fourth-order valence-corrected chi connectivity index (χ4v) is 5.02. The van der Waals surface area contributed by atoms with E-state index in [2.05, 4.69) is 104 Å². The van der Waals surface area contributed by atoms with Gasteiger partial charge < -0.3 is 5.32 Å². The standard InChI is InChI=1S/C25H21NS/c1-25(2)21-11-7-6-10-19(21)20-13-12-18(16-22(20)25)26-24-15-14-23(27-24)17-8-4-3-5-9-17/h3-16,26H,1-2H3. The largest absolute Gasteiger partial charge is 0.347 e. The van der Waals surface area contributed by atoms with E-state index in [1.54, 1.807) is 11.3 Å². The monoisotopic (exact) mass is 367 g/mol. The number of nitrogens with one attached hydrogen (secondary N) is 1. The van der Waals surface area contributed by atoms with E-state index < -0.39 is 0 Å². The Kier molecular flexibility index (Phi) is 3.70. The fourth-order valence-electron chi connectivity index (χ4n) is 4.09. The molecule has 0 amide bonds. The van der Waals surface area contributed by atoms with Crippen LogP contribution in [0.4, 0.5) is 10.7 Å². The molecule has 0 saturated carbocycles. The van der Waals surface area contributed by atoms with E-state index in [4.69, 9.17) is 0 Å². The van der Waals surface area contributed by atoms with Crippen molar-refractivity contribution in [2.75, 3.05) is 5.32 Å². The molecule has 0 atom stereocenters. The third kappa shape index (κ3) is 2.68. The Hall–Kier alpha value is -2.84. The summed E-state index contributed by atoms with van der Waals surface area (Å²) in [5.41, 5.74) is 7.99. The molecule has 2 heteroatoms. The molecule has 0 bridgehead atoms. The van der Waals surface area contributed by atoms with E-state index >= 15 is 0 Å². The molecule has 132 valence electrons. The molecule has 0 unspecified atom stereocenters. The van der Waals surface area contributed by atoms with Gasteiger partial charge in [0.2, 0.25) is 0 Å². The lowest BCUT2D eigenvalue weighted by molar-refractivity contribution is 0.660. The van der Waals surface area contributed by atoms with Crippen LogP contribution in [0.15, 0.2) is 84.9 Å². The molecule has 5 rings (SSSR count). The highest BCUT2D eigenvalue weighted by Crippen LogP contribution is 2.49. The second kappa shape index (κ2) is 6.11. The molecule has 0 spiro atoms. The number of hydrogen-bond donors (Lipinski definition) is 1. The Morgan fingerprint density at radius 3 is 2.30 bits per heavy atom. The minimum absolute atomic E-state index is 0.0360. The van der Waals surface area contributed by atoms with Gasteiger partial charge in [0.15, 0.2) is 0 Å². The van der Waals surface area contributed by atoms with Gasteiger partial charge in [0.1, 0.15) is 0 Å². The number of hydrogen-bond acceptors (Lipinski definition) is 2. The normalized spacial score (nSPS) is 13.9. The lowest BCUT2D eigenvalue weighted by Gasteiger charge is -2.22. The summed E-state index contributed by atoms with van der Waals surface area (Å²) in [5, 5.41) is 4.78. The summed E-state index contributed by atoms with van der Waals surface area (Å²) in [6.07, 6.45) is 0. The van der Waals surface area contributed by atoms with Gasteiger partial charge in [-0.1, -0.05) is 74.5 Å². The summed E-state index contributed by atoms with van der Waals surface area (Å²) >= 11 is 1.79. The minimum atomic E-state index is 0.0360. The summed E-state index contributed by atoms with van der Waals surface area (Å²) in [6, 6.07) is 30.4. The third-order valence-corrected chi connectivity index (χ3v) is 6.57. The van der Waals surface area contributed by atoms with E-state index in [0.717, 1.165) is 5.69 Å². The van der Waals surface area contributed by atoms with Gasteiger partial charge in [-0.25, -0.2) is 0 Å². The highest BCUT2D eigenvalue weighted by atomic mass is 32.1. The van der Waals surface area contributed by atoms with Gasteiger partial charge in [-0.3, -0.25) is 0 Å². The summed E-state index contributed by atoms with van der Waals surface area (Å²) in [4.78, 5) is 1.28. The molecule has 0 radical (unpaired) electrons. The van der Waals surface area contributed by atoms with Gasteiger partial charge >= 0.3 is 0 Å². The molecular formula is C25H21NS. The number of fused-ring (bicyclic) bond motifs is 3. The van der Waals surface area contributed by atoms with Crippen molar-refractivity contribution in [3.63, 3.8) is 0 Å². The van der Waals surface area contributed by atoms with Crippen molar-refractivity contribution in [1.82, 2.24) is 0 Å². The lowest BCUT2D eigenvalue weighted by Crippen LogP contribution is -2.15. The number of rotatable bonds is 3. The number of benzene rings is 3. The van der Waals surface area contributed by atoms with Gasteiger partial charge in [-0.15, -0.1) is 11.3 Å². The number of thiophene rings is 1. The summed E-state index contributed by atoms with van der Waals surface area (Å²) in [5.74, 6) is 0. The summed E-state index contributed by atoms with van der Waals surface area (Å²) < 4.78 is 0. The first-order valence-corrected chi connectivity index (χ1v) is 10.1. The van der Waals surface area contributed by atoms with Crippen LogP contribution in [0.3, 0.4) is 0 Å². The first kappa shape index (κ1) is 16.3. The second-order valence-corrected chi connectivity index (χ2v) is 8.67. The highest BCUT2D eigenvalue weighted by Gasteiger charge is 2.35. The Morgan fingerprint density at radius 1 is 0.704 bits per heavy atom. The Morgan fingerprint density at radius 2 is 1.44 bits per heavy atom. The van der Waals surface area contributed by atoms with Crippen LogP contribution in [0.5, 0.6) is 0 Å². The average molecular weight is 368 g/mol. The van der Waals surface area contributed by atoms with Crippen LogP contribution >= 0.6 is 11.3 Å². The maximum absolute atomic E-state index is 3.61. The molecule has 1 heterocycles. The van der Waals surface area contributed by atoms with Crippen LogP contribution < -0.4 is 5.32 Å². The SMILES string of the molecule is CC1(C)c2ccccc2-c2ccc(Nc3ccc(-c4ccccc4)s3)cc21.